The summed E-state index contributed by atoms with van der Waals surface area (Å²) in [6.07, 6.45) is 2.78. The van der Waals surface area contributed by atoms with Gasteiger partial charge in [-0.15, -0.1) is 0 Å². The van der Waals surface area contributed by atoms with Gasteiger partial charge in [0.15, 0.2) is 11.5 Å². The molecule has 1 unspecified atom stereocenters. The highest BCUT2D eigenvalue weighted by molar-refractivity contribution is 5.91. The second kappa shape index (κ2) is 11.6. The minimum atomic E-state index is -0.0697. The molecule has 1 fully saturated rings. The average molecular weight is 429 g/mol. The van der Waals surface area contributed by atoms with Crippen LogP contribution in [0.5, 0.6) is 17.2 Å². The third kappa shape index (κ3) is 6.60. The highest BCUT2D eigenvalue weighted by atomic mass is 16.5. The summed E-state index contributed by atoms with van der Waals surface area (Å²) in [6, 6.07) is 13.8. The molecule has 1 aliphatic rings. The van der Waals surface area contributed by atoms with Crippen molar-refractivity contribution in [3.63, 3.8) is 0 Å². The van der Waals surface area contributed by atoms with Crippen LogP contribution in [0.15, 0.2) is 42.5 Å². The van der Waals surface area contributed by atoms with E-state index in [0.717, 1.165) is 32.5 Å². The fourth-order valence-electron chi connectivity index (χ4n) is 3.79. The molecule has 0 bridgehead atoms. The normalized spacial score (nSPS) is 15.7. The number of methoxy groups -OCH3 is 3. The average Bonchev–Trinajstić information content (AvgIpc) is 3.30. The van der Waals surface area contributed by atoms with E-state index in [4.69, 9.17) is 18.9 Å². The smallest absolute Gasteiger partial charge is 0.225 e. The zero-order chi connectivity index (χ0) is 22.1. The highest BCUT2D eigenvalue weighted by Crippen LogP contribution is 2.39. The molecule has 7 nitrogen and oxygen atoms in total. The van der Waals surface area contributed by atoms with Crippen LogP contribution in [-0.2, 0) is 16.1 Å². The van der Waals surface area contributed by atoms with Crippen molar-refractivity contribution < 1.29 is 23.7 Å². The first-order valence-corrected chi connectivity index (χ1v) is 10.6. The second-order valence-electron chi connectivity index (χ2n) is 7.57. The van der Waals surface area contributed by atoms with E-state index in [9.17, 15) is 4.79 Å². The van der Waals surface area contributed by atoms with Crippen LogP contribution in [0.25, 0.3) is 0 Å². The van der Waals surface area contributed by atoms with Crippen molar-refractivity contribution in [2.45, 2.75) is 31.9 Å². The fraction of sp³-hybridized carbons (Fsp3) is 0.458. The van der Waals surface area contributed by atoms with Gasteiger partial charge in [-0.25, -0.2) is 0 Å². The minimum absolute atomic E-state index is 0.0697. The largest absolute Gasteiger partial charge is 0.493 e. The van der Waals surface area contributed by atoms with Gasteiger partial charge in [0.25, 0.3) is 0 Å². The van der Waals surface area contributed by atoms with Gasteiger partial charge in [-0.1, -0.05) is 30.3 Å². The number of carbonyl (C=O) groups is 1. The maximum Gasteiger partial charge on any atom is 0.225 e. The number of anilines is 1. The third-order valence-electron chi connectivity index (χ3n) is 5.34. The zero-order valence-electron chi connectivity index (χ0n) is 18.6. The molecule has 31 heavy (non-hydrogen) atoms. The maximum absolute atomic E-state index is 12.7. The molecule has 1 aliphatic heterocycles. The van der Waals surface area contributed by atoms with Gasteiger partial charge in [0, 0.05) is 50.5 Å². The molecule has 0 spiro atoms. The van der Waals surface area contributed by atoms with Crippen molar-refractivity contribution in [1.82, 2.24) is 4.90 Å². The molecule has 3 rings (SSSR count). The van der Waals surface area contributed by atoms with Crippen molar-refractivity contribution in [3.05, 3.63) is 48.0 Å². The molecule has 1 N–H and O–H groups in total. The van der Waals surface area contributed by atoms with E-state index in [0.29, 0.717) is 35.9 Å². The second-order valence-corrected chi connectivity index (χ2v) is 7.57. The van der Waals surface area contributed by atoms with Crippen molar-refractivity contribution in [2.75, 3.05) is 46.3 Å². The molecule has 7 heteroatoms. The number of nitrogens with zero attached hydrogens (tertiary/aromatic N) is 1. The molecule has 0 aromatic heterocycles. The summed E-state index contributed by atoms with van der Waals surface area (Å²) in [5.74, 6) is 1.43. The lowest BCUT2D eigenvalue weighted by Crippen LogP contribution is -2.34. The molecular formula is C24H32N2O5. The lowest BCUT2D eigenvalue weighted by molar-refractivity contribution is -0.116. The molecule has 0 aliphatic carbocycles. The topological polar surface area (TPSA) is 69.3 Å². The number of carbonyl (C=O) groups excluding carboxylic acids is 1. The summed E-state index contributed by atoms with van der Waals surface area (Å²) in [5.41, 5.74) is 1.83. The molecule has 1 amide bonds. The molecule has 2 aromatic carbocycles. The lowest BCUT2D eigenvalue weighted by Gasteiger charge is -2.25. The Balaban J connectivity index is 1.62. The molecule has 0 saturated carbocycles. The summed E-state index contributed by atoms with van der Waals surface area (Å²) < 4.78 is 21.9. The third-order valence-corrected chi connectivity index (χ3v) is 5.34. The minimum Gasteiger partial charge on any atom is -0.493 e. The van der Waals surface area contributed by atoms with Gasteiger partial charge < -0.3 is 24.3 Å². The van der Waals surface area contributed by atoms with Crippen LogP contribution in [0.4, 0.5) is 5.69 Å². The van der Waals surface area contributed by atoms with E-state index in [1.807, 2.05) is 18.2 Å². The monoisotopic (exact) mass is 428 g/mol. The van der Waals surface area contributed by atoms with E-state index in [-0.39, 0.29) is 12.0 Å². The van der Waals surface area contributed by atoms with Crippen LogP contribution >= 0.6 is 0 Å². The SMILES string of the molecule is COc1cc(NC(=O)CCN(Cc2ccccc2)CC2CCCO2)cc(OC)c1OC. The quantitative estimate of drug-likeness (QED) is 0.588. The van der Waals surface area contributed by atoms with Crippen molar-refractivity contribution in [2.24, 2.45) is 0 Å². The molecule has 168 valence electrons. The van der Waals surface area contributed by atoms with Gasteiger partial charge in [-0.05, 0) is 18.4 Å². The van der Waals surface area contributed by atoms with Crippen LogP contribution in [-0.4, -0.2) is 57.9 Å². The summed E-state index contributed by atoms with van der Waals surface area (Å²) in [4.78, 5) is 15.0. The van der Waals surface area contributed by atoms with Gasteiger partial charge in [0.2, 0.25) is 11.7 Å². The summed E-state index contributed by atoms with van der Waals surface area (Å²) in [5, 5.41) is 2.94. The van der Waals surface area contributed by atoms with Gasteiger partial charge in [-0.3, -0.25) is 9.69 Å². The van der Waals surface area contributed by atoms with Crippen molar-refractivity contribution in [1.29, 1.82) is 0 Å². The Morgan fingerprint density at radius 3 is 2.39 bits per heavy atom. The first kappa shape index (κ1) is 22.9. The van der Waals surface area contributed by atoms with E-state index in [2.05, 4.69) is 22.3 Å². The Bertz CT molecular complexity index is 812. The number of rotatable bonds is 11. The predicted octanol–water partition coefficient (Wildman–Crippen LogP) is 3.72. The lowest BCUT2D eigenvalue weighted by atomic mass is 10.1. The summed E-state index contributed by atoms with van der Waals surface area (Å²) in [6.45, 7) is 3.08. The molecule has 2 aromatic rings. The number of nitrogens with one attached hydrogen (secondary N) is 1. The molecule has 1 saturated heterocycles. The number of ether oxygens (including phenoxy) is 4. The molecule has 1 heterocycles. The first-order chi connectivity index (χ1) is 15.1. The molecular weight excluding hydrogens is 396 g/mol. The fourth-order valence-corrected chi connectivity index (χ4v) is 3.79. The van der Waals surface area contributed by atoms with Gasteiger partial charge >= 0.3 is 0 Å². The zero-order valence-corrected chi connectivity index (χ0v) is 18.6. The Labute approximate surface area is 184 Å². The summed E-state index contributed by atoms with van der Waals surface area (Å²) in [7, 11) is 4.65. The summed E-state index contributed by atoms with van der Waals surface area (Å²) >= 11 is 0. The molecule has 0 radical (unpaired) electrons. The van der Waals surface area contributed by atoms with Gasteiger partial charge in [-0.2, -0.15) is 0 Å². The first-order valence-electron chi connectivity index (χ1n) is 10.6. The van der Waals surface area contributed by atoms with Crippen LogP contribution < -0.4 is 19.5 Å². The van der Waals surface area contributed by atoms with E-state index < -0.39 is 0 Å². The standard InChI is InChI=1S/C24H32N2O5/c1-28-21-14-19(15-22(29-2)24(21)30-3)25-23(27)11-12-26(17-20-10-7-13-31-20)16-18-8-5-4-6-9-18/h4-6,8-9,14-15,20H,7,10-13,16-17H2,1-3H3,(H,25,27). The number of amides is 1. The maximum atomic E-state index is 12.7. The Hall–Kier alpha value is -2.77. The highest BCUT2D eigenvalue weighted by Gasteiger charge is 2.20. The van der Waals surface area contributed by atoms with Gasteiger partial charge in [0.05, 0.1) is 27.4 Å². The van der Waals surface area contributed by atoms with Crippen LogP contribution in [0.3, 0.4) is 0 Å². The number of benzene rings is 2. The van der Waals surface area contributed by atoms with Crippen LogP contribution in [0.1, 0.15) is 24.8 Å². The van der Waals surface area contributed by atoms with Crippen molar-refractivity contribution in [3.8, 4) is 17.2 Å². The predicted molar refractivity (Wildman–Crippen MR) is 120 cm³/mol. The van der Waals surface area contributed by atoms with Gasteiger partial charge in [0.1, 0.15) is 0 Å². The Morgan fingerprint density at radius 2 is 1.81 bits per heavy atom. The Morgan fingerprint density at radius 1 is 1.10 bits per heavy atom. The molecule has 1 atom stereocenters. The Kier molecular flexibility index (Phi) is 8.55. The van der Waals surface area contributed by atoms with E-state index >= 15 is 0 Å². The van der Waals surface area contributed by atoms with E-state index in [1.54, 1.807) is 33.5 Å². The van der Waals surface area contributed by atoms with E-state index in [1.165, 1.54) is 5.56 Å². The van der Waals surface area contributed by atoms with Crippen LogP contribution in [0, 0.1) is 0 Å². The van der Waals surface area contributed by atoms with Crippen molar-refractivity contribution >= 4 is 11.6 Å². The number of hydrogen-bond donors (Lipinski definition) is 1. The number of hydrogen-bond acceptors (Lipinski definition) is 6. The van der Waals surface area contributed by atoms with Crippen LogP contribution in [0.2, 0.25) is 0 Å².